The monoisotopic (exact) mass is 306 g/mol. The molecule has 1 saturated heterocycles. The van der Waals surface area contributed by atoms with Gasteiger partial charge in [-0.1, -0.05) is 19.8 Å². The molecule has 5 N–H and O–H groups in total. The minimum atomic E-state index is -1.10. The Morgan fingerprint density at radius 2 is 2.00 bits per heavy atom. The van der Waals surface area contributed by atoms with Crippen LogP contribution in [0.1, 0.15) is 26.2 Å². The number of carboxylic acids is 1. The molecule has 0 bridgehead atoms. The normalized spacial score (nSPS) is 17.0. The predicted molar refractivity (Wildman–Crippen MR) is 83.9 cm³/mol. The van der Waals surface area contributed by atoms with E-state index in [1.165, 1.54) is 0 Å². The average molecular weight is 306 g/mol. The van der Waals surface area contributed by atoms with Crippen LogP contribution >= 0.6 is 11.8 Å². The van der Waals surface area contributed by atoms with E-state index in [1.54, 1.807) is 0 Å². The van der Waals surface area contributed by atoms with Crippen LogP contribution in [0.4, 0.5) is 0 Å². The highest BCUT2D eigenvalue weighted by Crippen LogP contribution is 2.09. The maximum atomic E-state index is 10.4. The first-order valence-corrected chi connectivity index (χ1v) is 8.27. The lowest BCUT2D eigenvalue weighted by atomic mass is 9.84. The van der Waals surface area contributed by atoms with Crippen LogP contribution in [0.5, 0.6) is 0 Å². The highest BCUT2D eigenvalue weighted by Gasteiger charge is 2.15. The largest absolute Gasteiger partial charge is 0.480 e. The van der Waals surface area contributed by atoms with Gasteiger partial charge in [-0.15, -0.1) is 0 Å². The molecule has 1 fully saturated rings. The van der Waals surface area contributed by atoms with E-state index in [9.17, 15) is 4.79 Å². The first-order chi connectivity index (χ1) is 9.47. The van der Waals surface area contributed by atoms with Crippen molar-refractivity contribution in [3.8, 4) is 0 Å². The Morgan fingerprint density at radius 1 is 1.40 bits per heavy atom. The third kappa shape index (κ3) is 11.5. The average Bonchev–Trinajstić information content (AvgIpc) is 2.44. The Balaban J connectivity index is 0.000000441. The molecule has 0 aliphatic carbocycles. The zero-order valence-corrected chi connectivity index (χ0v) is 13.0. The Labute approximate surface area is 125 Å². The number of carbonyl (C=O) groups is 1. The van der Waals surface area contributed by atoms with Crippen LogP contribution < -0.4 is 5.73 Å². The van der Waals surface area contributed by atoms with Crippen LogP contribution in [0.15, 0.2) is 0 Å². The molecule has 1 rings (SSSR count). The quantitative estimate of drug-likeness (QED) is 0.494. The molecule has 0 saturated carbocycles. The van der Waals surface area contributed by atoms with Gasteiger partial charge in [0, 0.05) is 31.1 Å². The fraction of sp³-hybridized carbons (Fsp3) is 0.917. The van der Waals surface area contributed by atoms with Crippen molar-refractivity contribution in [2.24, 2.45) is 5.73 Å². The molecule has 118 valence electrons. The zero-order chi connectivity index (χ0) is 15.4. The van der Waals surface area contributed by atoms with Crippen LogP contribution in [0.3, 0.4) is 0 Å². The molecule has 1 aliphatic heterocycles. The number of nitrogens with two attached hydrogens (primary N) is 1. The van der Waals surface area contributed by atoms with Crippen molar-refractivity contribution >= 4 is 24.8 Å². The van der Waals surface area contributed by atoms with E-state index in [0.717, 1.165) is 44.0 Å². The van der Waals surface area contributed by atoms with Gasteiger partial charge >= 0.3 is 13.1 Å². The van der Waals surface area contributed by atoms with Crippen LogP contribution in [0, 0.1) is 0 Å². The summed E-state index contributed by atoms with van der Waals surface area (Å²) in [6.45, 7) is 4.96. The van der Waals surface area contributed by atoms with Gasteiger partial charge < -0.3 is 25.8 Å². The number of hydrogen-bond donors (Lipinski definition) is 4. The van der Waals surface area contributed by atoms with Gasteiger partial charge in [0.25, 0.3) is 0 Å². The Hall–Kier alpha value is -0.275. The van der Waals surface area contributed by atoms with Gasteiger partial charge in [0.2, 0.25) is 0 Å². The fourth-order valence-corrected chi connectivity index (χ4v) is 2.64. The molecule has 20 heavy (non-hydrogen) atoms. The van der Waals surface area contributed by atoms with Gasteiger partial charge in [-0.2, -0.15) is 11.8 Å². The summed E-state index contributed by atoms with van der Waals surface area (Å²) in [7, 11) is -1.10. The van der Waals surface area contributed by atoms with Gasteiger partial charge in [-0.25, -0.2) is 0 Å². The standard InChI is InChI=1S/C8H16N2O2S.C4H11BO2/c9-7(8(11)12)1-2-10-3-5-13-6-4-10;1-2-3-4-5(6)7/h7H,1-6,9H2,(H,11,12);6-7H,2-4H2,1H3/t7-;/m1./s1. The molecule has 0 aromatic heterocycles. The van der Waals surface area contributed by atoms with E-state index in [4.69, 9.17) is 20.9 Å². The molecular formula is C12H27BN2O4S. The number of aliphatic carboxylic acids is 1. The molecule has 1 aliphatic rings. The van der Waals surface area contributed by atoms with E-state index >= 15 is 0 Å². The molecule has 0 radical (unpaired) electrons. The summed E-state index contributed by atoms with van der Waals surface area (Å²) < 4.78 is 0. The maximum Gasteiger partial charge on any atom is 0.451 e. The number of carboxylic acid groups (broad SMARTS) is 1. The summed E-state index contributed by atoms with van der Waals surface area (Å²) in [5, 5.41) is 25.0. The van der Waals surface area contributed by atoms with Crippen LogP contribution in [-0.4, -0.2) is 70.3 Å². The van der Waals surface area contributed by atoms with E-state index in [-0.39, 0.29) is 0 Å². The van der Waals surface area contributed by atoms with Gasteiger partial charge in [0.1, 0.15) is 6.04 Å². The third-order valence-electron chi connectivity index (χ3n) is 2.99. The van der Waals surface area contributed by atoms with Gasteiger partial charge in [0.05, 0.1) is 0 Å². The van der Waals surface area contributed by atoms with Gasteiger partial charge in [0.15, 0.2) is 0 Å². The van der Waals surface area contributed by atoms with E-state index in [2.05, 4.69) is 4.90 Å². The van der Waals surface area contributed by atoms with Crippen molar-refractivity contribution in [2.45, 2.75) is 38.5 Å². The molecule has 6 nitrogen and oxygen atoms in total. The minimum absolute atomic E-state index is 0.510. The number of hydrogen-bond acceptors (Lipinski definition) is 6. The third-order valence-corrected chi connectivity index (χ3v) is 3.94. The Morgan fingerprint density at radius 3 is 2.40 bits per heavy atom. The zero-order valence-electron chi connectivity index (χ0n) is 12.2. The van der Waals surface area contributed by atoms with Gasteiger partial charge in [-0.05, 0) is 12.7 Å². The summed E-state index contributed by atoms with van der Waals surface area (Å²) in [5.41, 5.74) is 5.40. The highest BCUT2D eigenvalue weighted by molar-refractivity contribution is 7.99. The second kappa shape index (κ2) is 12.5. The van der Waals surface area contributed by atoms with Crippen LogP contribution in [-0.2, 0) is 4.79 Å². The van der Waals surface area contributed by atoms with Crippen molar-refractivity contribution in [3.63, 3.8) is 0 Å². The molecule has 0 amide bonds. The number of nitrogens with zero attached hydrogens (tertiary/aromatic N) is 1. The maximum absolute atomic E-state index is 10.4. The lowest BCUT2D eigenvalue weighted by molar-refractivity contribution is -0.138. The van der Waals surface area contributed by atoms with Crippen molar-refractivity contribution in [1.29, 1.82) is 0 Å². The van der Waals surface area contributed by atoms with Crippen molar-refractivity contribution in [2.75, 3.05) is 31.1 Å². The Bertz CT molecular complexity index is 254. The first kappa shape index (κ1) is 19.7. The van der Waals surface area contributed by atoms with Crippen LogP contribution in [0.2, 0.25) is 6.32 Å². The summed E-state index contributed by atoms with van der Waals surface area (Å²) in [5.74, 6) is 1.41. The molecule has 0 aromatic carbocycles. The highest BCUT2D eigenvalue weighted by atomic mass is 32.2. The molecule has 0 aromatic rings. The van der Waals surface area contributed by atoms with Crippen molar-refractivity contribution in [1.82, 2.24) is 4.90 Å². The Kier molecular flexibility index (Phi) is 12.3. The molecule has 0 unspecified atom stereocenters. The smallest absolute Gasteiger partial charge is 0.451 e. The van der Waals surface area contributed by atoms with E-state index in [0.29, 0.717) is 12.7 Å². The summed E-state index contributed by atoms with van der Waals surface area (Å²) in [6.07, 6.45) is 2.99. The first-order valence-electron chi connectivity index (χ1n) is 7.12. The summed E-state index contributed by atoms with van der Waals surface area (Å²) in [6, 6.07) is -0.699. The summed E-state index contributed by atoms with van der Waals surface area (Å²) >= 11 is 1.95. The lowest BCUT2D eigenvalue weighted by Crippen LogP contribution is -2.38. The topological polar surface area (TPSA) is 107 Å². The fourth-order valence-electron chi connectivity index (χ4n) is 1.66. The SMILES string of the molecule is CCCCB(O)O.N[C@H](CCN1CCSCC1)C(=O)O. The summed E-state index contributed by atoms with van der Waals surface area (Å²) in [4.78, 5) is 12.7. The van der Waals surface area contributed by atoms with Gasteiger partial charge in [-0.3, -0.25) is 4.79 Å². The number of thioether (sulfide) groups is 1. The second-order valence-electron chi connectivity index (χ2n) is 4.81. The van der Waals surface area contributed by atoms with Crippen LogP contribution in [0.25, 0.3) is 0 Å². The van der Waals surface area contributed by atoms with Crippen molar-refractivity contribution < 1.29 is 19.9 Å². The number of unbranched alkanes of at least 4 members (excludes halogenated alkanes) is 1. The second-order valence-corrected chi connectivity index (χ2v) is 6.04. The molecule has 8 heteroatoms. The lowest BCUT2D eigenvalue weighted by Gasteiger charge is -2.26. The molecule has 1 atom stereocenters. The molecular weight excluding hydrogens is 279 g/mol. The van der Waals surface area contributed by atoms with E-state index in [1.807, 2.05) is 18.7 Å². The van der Waals surface area contributed by atoms with E-state index < -0.39 is 19.1 Å². The molecule has 0 spiro atoms. The van der Waals surface area contributed by atoms with Crippen molar-refractivity contribution in [3.05, 3.63) is 0 Å². The minimum Gasteiger partial charge on any atom is -0.480 e. The number of rotatable bonds is 7. The molecule has 1 heterocycles. The predicted octanol–water partition coefficient (Wildman–Crippen LogP) is 0.0965.